The van der Waals surface area contributed by atoms with Crippen molar-refractivity contribution in [2.75, 3.05) is 11.5 Å². The maximum atomic E-state index is 12.6. The zero-order chi connectivity index (χ0) is 15.9. The van der Waals surface area contributed by atoms with Crippen molar-refractivity contribution in [2.24, 2.45) is 5.92 Å². The van der Waals surface area contributed by atoms with Crippen molar-refractivity contribution in [3.05, 3.63) is 33.8 Å². The van der Waals surface area contributed by atoms with Gasteiger partial charge in [0.25, 0.3) is 5.91 Å². The van der Waals surface area contributed by atoms with E-state index in [1.54, 1.807) is 12.1 Å². The molecule has 0 radical (unpaired) electrons. The van der Waals surface area contributed by atoms with Crippen molar-refractivity contribution in [1.29, 1.82) is 0 Å². The Balaban J connectivity index is 2.07. The third-order valence-corrected chi connectivity index (χ3v) is 4.52. The van der Waals surface area contributed by atoms with Crippen LogP contribution in [0, 0.1) is 5.92 Å². The maximum absolute atomic E-state index is 12.6. The van der Waals surface area contributed by atoms with Gasteiger partial charge in [-0.15, -0.1) is 0 Å². The Morgan fingerprint density at radius 1 is 1.27 bits per heavy atom. The molecule has 0 fully saturated rings. The number of hydrogen-bond acceptors (Lipinski definition) is 3. The van der Waals surface area contributed by atoms with Gasteiger partial charge in [-0.05, 0) is 32.3 Å². The second-order valence-electron chi connectivity index (χ2n) is 5.34. The highest BCUT2D eigenvalue weighted by atomic mass is 35.5. The Kier molecular flexibility index (Phi) is 4.15. The van der Waals surface area contributed by atoms with Gasteiger partial charge in [-0.3, -0.25) is 9.59 Å². The number of nitrogens with zero attached hydrogens (tertiary/aromatic N) is 1. The van der Waals surface area contributed by atoms with Crippen LogP contribution in [-0.2, 0) is 9.59 Å². The normalized spacial score (nSPS) is 21.0. The molecule has 3 rings (SSSR count). The lowest BCUT2D eigenvalue weighted by Crippen LogP contribution is -2.46. The molecule has 4 nitrogen and oxygen atoms in total. The first kappa shape index (κ1) is 15.4. The number of anilines is 1. The number of imide groups is 1. The van der Waals surface area contributed by atoms with Crippen LogP contribution in [0.2, 0.25) is 10.0 Å². The van der Waals surface area contributed by atoms with Crippen LogP contribution in [0.15, 0.2) is 23.8 Å². The molecule has 6 heteroatoms. The summed E-state index contributed by atoms with van der Waals surface area (Å²) in [5.74, 6) is -0.370. The van der Waals surface area contributed by atoms with Crippen LogP contribution in [0.4, 0.5) is 5.69 Å². The number of halogens is 2. The minimum atomic E-state index is -0.298. The van der Waals surface area contributed by atoms with Gasteiger partial charge in [0, 0.05) is 11.6 Å². The summed E-state index contributed by atoms with van der Waals surface area (Å²) in [6.45, 7) is 2.26. The predicted molar refractivity (Wildman–Crippen MR) is 85.5 cm³/mol. The van der Waals surface area contributed by atoms with E-state index in [4.69, 9.17) is 27.9 Å². The highest BCUT2D eigenvalue weighted by Gasteiger charge is 2.39. The molecule has 22 heavy (non-hydrogen) atoms. The fourth-order valence-electron chi connectivity index (χ4n) is 2.89. The van der Waals surface area contributed by atoms with Gasteiger partial charge in [0.05, 0.1) is 28.3 Å². The number of rotatable bonds is 3. The summed E-state index contributed by atoms with van der Waals surface area (Å²) in [7, 11) is 0. The second-order valence-corrected chi connectivity index (χ2v) is 6.15. The number of ether oxygens (including phenoxy) is 1. The number of carbonyl (C=O) groups excluding carboxylic acids is 2. The van der Waals surface area contributed by atoms with Crippen molar-refractivity contribution in [3.63, 3.8) is 0 Å². The summed E-state index contributed by atoms with van der Waals surface area (Å²) >= 11 is 12.3. The van der Waals surface area contributed by atoms with E-state index in [0.29, 0.717) is 35.1 Å². The second kappa shape index (κ2) is 5.94. The molecule has 1 atom stereocenters. The van der Waals surface area contributed by atoms with Gasteiger partial charge in [-0.25, -0.2) is 4.90 Å². The van der Waals surface area contributed by atoms with E-state index in [2.05, 4.69) is 0 Å². The molecule has 1 aromatic rings. The Hall–Kier alpha value is -1.52. The number of benzene rings is 1. The first-order valence-corrected chi connectivity index (χ1v) is 7.99. The van der Waals surface area contributed by atoms with Gasteiger partial charge in [-0.1, -0.05) is 29.3 Å². The Morgan fingerprint density at radius 3 is 2.77 bits per heavy atom. The first-order valence-electron chi connectivity index (χ1n) is 7.23. The third-order valence-electron chi connectivity index (χ3n) is 3.92. The average Bonchev–Trinajstić information content (AvgIpc) is 2.50. The molecule has 0 saturated heterocycles. The topological polar surface area (TPSA) is 46.6 Å². The van der Waals surface area contributed by atoms with E-state index >= 15 is 0 Å². The molecule has 0 spiro atoms. The van der Waals surface area contributed by atoms with Crippen molar-refractivity contribution in [2.45, 2.75) is 26.2 Å². The Labute approximate surface area is 138 Å². The number of carbonyl (C=O) groups is 2. The number of fused-ring (bicyclic) bond motifs is 1. The third kappa shape index (κ3) is 2.50. The first-order chi connectivity index (χ1) is 10.5. The lowest BCUT2D eigenvalue weighted by molar-refractivity contribution is -0.128. The molecule has 1 aromatic carbocycles. The van der Waals surface area contributed by atoms with Crippen LogP contribution < -0.4 is 9.64 Å². The molecule has 2 aliphatic rings. The fourth-order valence-corrected chi connectivity index (χ4v) is 3.41. The number of amides is 2. The van der Waals surface area contributed by atoms with E-state index in [1.165, 1.54) is 11.0 Å². The highest BCUT2D eigenvalue weighted by Crippen LogP contribution is 2.40. The molecule has 1 unspecified atom stereocenters. The average molecular weight is 340 g/mol. The summed E-state index contributed by atoms with van der Waals surface area (Å²) in [6, 6.07) is 3.06. The molecular formula is C16H15Cl2NO3. The Bertz CT molecular complexity index is 684. The lowest BCUT2D eigenvalue weighted by atomic mass is 9.85. The summed E-state index contributed by atoms with van der Waals surface area (Å²) in [4.78, 5) is 26.3. The highest BCUT2D eigenvalue weighted by molar-refractivity contribution is 6.39. The summed E-state index contributed by atoms with van der Waals surface area (Å²) in [5.41, 5.74) is 1.02. The minimum Gasteiger partial charge on any atom is -0.492 e. The monoisotopic (exact) mass is 339 g/mol. The zero-order valence-corrected chi connectivity index (χ0v) is 13.6. The van der Waals surface area contributed by atoms with E-state index < -0.39 is 0 Å². The molecular weight excluding hydrogens is 325 g/mol. The molecule has 0 aromatic heterocycles. The van der Waals surface area contributed by atoms with E-state index in [9.17, 15) is 9.59 Å². The standard InChI is InChI=1S/C16H15Cl2NO3/c1-2-22-14-8-13(11(17)7-12(14)18)19-15(20)9-4-3-5-10(6-9)16(19)21/h6-9H,2-5H2,1H3. The smallest absolute Gasteiger partial charge is 0.260 e. The maximum Gasteiger partial charge on any atom is 0.260 e. The van der Waals surface area contributed by atoms with Gasteiger partial charge in [0.15, 0.2) is 0 Å². The molecule has 0 N–H and O–H groups in total. The summed E-state index contributed by atoms with van der Waals surface area (Å²) in [5, 5.41) is 0.614. The molecule has 2 bridgehead atoms. The van der Waals surface area contributed by atoms with Gasteiger partial charge < -0.3 is 4.74 Å². The molecule has 1 aliphatic carbocycles. The SMILES string of the molecule is CCOc1cc(N2C(=O)C3=CC(CCC3)C2=O)c(Cl)cc1Cl. The van der Waals surface area contributed by atoms with E-state index in [-0.39, 0.29) is 22.8 Å². The minimum absolute atomic E-state index is 0.236. The van der Waals surface area contributed by atoms with Crippen LogP contribution in [0.3, 0.4) is 0 Å². The molecule has 2 amide bonds. The number of hydrogen-bond donors (Lipinski definition) is 0. The quantitative estimate of drug-likeness (QED) is 0.782. The molecule has 0 saturated carbocycles. The van der Waals surface area contributed by atoms with Gasteiger partial charge >= 0.3 is 0 Å². The lowest BCUT2D eigenvalue weighted by Gasteiger charge is -2.33. The van der Waals surface area contributed by atoms with Crippen molar-refractivity contribution >= 4 is 40.7 Å². The molecule has 116 valence electrons. The van der Waals surface area contributed by atoms with E-state index in [1.807, 2.05) is 6.92 Å². The van der Waals surface area contributed by atoms with Crippen LogP contribution in [0.5, 0.6) is 5.75 Å². The van der Waals surface area contributed by atoms with Crippen molar-refractivity contribution in [1.82, 2.24) is 0 Å². The van der Waals surface area contributed by atoms with E-state index in [0.717, 1.165) is 12.8 Å². The van der Waals surface area contributed by atoms with Crippen LogP contribution >= 0.6 is 23.2 Å². The largest absolute Gasteiger partial charge is 0.492 e. The predicted octanol–water partition coefficient (Wildman–Crippen LogP) is 3.99. The van der Waals surface area contributed by atoms with Crippen molar-refractivity contribution in [3.8, 4) is 5.75 Å². The van der Waals surface area contributed by atoms with Crippen LogP contribution in [0.25, 0.3) is 0 Å². The summed E-state index contributed by atoms with van der Waals surface area (Å²) in [6.07, 6.45) is 4.11. The van der Waals surface area contributed by atoms with Crippen LogP contribution in [-0.4, -0.2) is 18.4 Å². The fraction of sp³-hybridized carbons (Fsp3) is 0.375. The van der Waals surface area contributed by atoms with Crippen molar-refractivity contribution < 1.29 is 14.3 Å². The summed E-state index contributed by atoms with van der Waals surface area (Å²) < 4.78 is 5.43. The zero-order valence-electron chi connectivity index (χ0n) is 12.1. The molecule has 1 aliphatic heterocycles. The van der Waals surface area contributed by atoms with Crippen LogP contribution in [0.1, 0.15) is 26.2 Å². The Morgan fingerprint density at radius 2 is 2.05 bits per heavy atom. The molecule has 1 heterocycles. The van der Waals surface area contributed by atoms with Gasteiger partial charge in [-0.2, -0.15) is 0 Å². The van der Waals surface area contributed by atoms with Gasteiger partial charge in [0.1, 0.15) is 5.75 Å². The van der Waals surface area contributed by atoms with Gasteiger partial charge in [0.2, 0.25) is 5.91 Å².